The fraction of sp³-hybridized carbons (Fsp3) is 0.273. The maximum Gasteiger partial charge on any atom is 0.340 e. The van der Waals surface area contributed by atoms with Gasteiger partial charge in [0.15, 0.2) is 12.4 Å². The predicted molar refractivity (Wildman–Crippen MR) is 145 cm³/mol. The average Bonchev–Trinajstić information content (AvgIpc) is 3.78. The van der Waals surface area contributed by atoms with Gasteiger partial charge in [-0.05, 0) is 72.1 Å². The van der Waals surface area contributed by atoms with Crippen LogP contribution in [0.2, 0.25) is 0 Å². The van der Waals surface area contributed by atoms with Gasteiger partial charge in [-0.2, -0.15) is 0 Å². The summed E-state index contributed by atoms with van der Waals surface area (Å²) in [5.41, 5.74) is 1.72. The van der Waals surface area contributed by atoms with Crippen LogP contribution in [0.5, 0.6) is 5.75 Å². The van der Waals surface area contributed by atoms with Crippen molar-refractivity contribution in [3.05, 3.63) is 108 Å². The number of carbonyl (C=O) groups excluding carboxylic acids is 4. The molecule has 1 heterocycles. The highest BCUT2D eigenvalue weighted by Gasteiger charge is 2.67. The van der Waals surface area contributed by atoms with Crippen molar-refractivity contribution in [2.24, 2.45) is 35.5 Å². The zero-order valence-corrected chi connectivity index (χ0v) is 21.6. The summed E-state index contributed by atoms with van der Waals surface area (Å²) in [5.74, 6) is -0.570. The van der Waals surface area contributed by atoms with Crippen LogP contribution in [0, 0.1) is 35.5 Å². The van der Waals surface area contributed by atoms with Gasteiger partial charge in [-0.1, -0.05) is 54.6 Å². The molecule has 6 atom stereocenters. The first-order valence-electron chi connectivity index (χ1n) is 13.6. The molecule has 1 aliphatic heterocycles. The van der Waals surface area contributed by atoms with Crippen LogP contribution in [0.4, 0.5) is 5.69 Å². The average molecular weight is 534 g/mol. The molecular formula is C33H27NO6. The van der Waals surface area contributed by atoms with Crippen molar-refractivity contribution < 1.29 is 28.7 Å². The molecule has 40 heavy (non-hydrogen) atoms. The molecule has 3 aromatic carbocycles. The Morgan fingerprint density at radius 3 is 2.08 bits per heavy atom. The molecule has 8 rings (SSSR count). The summed E-state index contributed by atoms with van der Waals surface area (Å²) in [5, 5.41) is 0. The lowest BCUT2D eigenvalue weighted by Crippen LogP contribution is -2.40. The molecule has 0 spiro atoms. The number of ether oxygens (including phenoxy) is 2. The fourth-order valence-corrected chi connectivity index (χ4v) is 6.81. The van der Waals surface area contributed by atoms with Gasteiger partial charge in [0.25, 0.3) is 0 Å². The molecule has 0 radical (unpaired) electrons. The molecule has 0 aromatic heterocycles. The van der Waals surface area contributed by atoms with E-state index in [4.69, 9.17) is 9.47 Å². The molecule has 2 amide bonds. The quantitative estimate of drug-likeness (QED) is 0.178. The van der Waals surface area contributed by atoms with Crippen molar-refractivity contribution in [1.82, 2.24) is 0 Å². The highest BCUT2D eigenvalue weighted by Crippen LogP contribution is 2.65. The third-order valence-electron chi connectivity index (χ3n) is 8.79. The van der Waals surface area contributed by atoms with Gasteiger partial charge in [0.05, 0.1) is 23.1 Å². The molecule has 0 N–H and O–H groups in total. The molecule has 2 saturated carbocycles. The summed E-state index contributed by atoms with van der Waals surface area (Å²) in [4.78, 5) is 54.1. The summed E-state index contributed by atoms with van der Waals surface area (Å²) in [6, 6.07) is 22.9. The van der Waals surface area contributed by atoms with Crippen molar-refractivity contribution in [2.45, 2.75) is 13.0 Å². The first-order valence-corrected chi connectivity index (χ1v) is 13.6. The van der Waals surface area contributed by atoms with E-state index in [0.717, 1.165) is 12.0 Å². The van der Waals surface area contributed by atoms with Gasteiger partial charge >= 0.3 is 5.97 Å². The number of Topliss-reactive ketones (excluding diaryl/α,β-unsaturated/α-hetero) is 1. The van der Waals surface area contributed by atoms with Crippen molar-refractivity contribution in [1.29, 1.82) is 0 Å². The fourth-order valence-electron chi connectivity index (χ4n) is 6.81. The van der Waals surface area contributed by atoms with Crippen molar-refractivity contribution in [3.63, 3.8) is 0 Å². The van der Waals surface area contributed by atoms with Crippen molar-refractivity contribution in [2.75, 3.05) is 11.5 Å². The second kappa shape index (κ2) is 9.59. The van der Waals surface area contributed by atoms with E-state index in [2.05, 4.69) is 12.2 Å². The Morgan fingerprint density at radius 1 is 0.775 bits per heavy atom. The van der Waals surface area contributed by atoms with Crippen LogP contribution < -0.4 is 9.64 Å². The number of carbonyl (C=O) groups is 4. The zero-order chi connectivity index (χ0) is 27.4. The number of hydrogen-bond acceptors (Lipinski definition) is 6. The molecule has 7 heteroatoms. The topological polar surface area (TPSA) is 90.0 Å². The van der Waals surface area contributed by atoms with Crippen LogP contribution in [0.3, 0.4) is 0 Å². The van der Waals surface area contributed by atoms with Gasteiger partial charge in [0, 0.05) is 5.56 Å². The highest BCUT2D eigenvalue weighted by molar-refractivity contribution is 6.24. The van der Waals surface area contributed by atoms with Crippen LogP contribution >= 0.6 is 0 Å². The third kappa shape index (κ3) is 4.04. The normalized spacial score (nSPS) is 27.2. The largest absolute Gasteiger partial charge is 0.489 e. The Labute approximate surface area is 231 Å². The van der Waals surface area contributed by atoms with Crippen LogP contribution in [0.1, 0.15) is 32.7 Å². The van der Waals surface area contributed by atoms with E-state index >= 15 is 0 Å². The van der Waals surface area contributed by atoms with Gasteiger partial charge in [0.2, 0.25) is 11.8 Å². The second-order valence-corrected chi connectivity index (χ2v) is 11.0. The number of para-hydroxylation sites is 1. The molecule has 3 fully saturated rings. The Kier molecular flexibility index (Phi) is 5.88. The number of nitrogens with zero attached hydrogens (tertiary/aromatic N) is 1. The van der Waals surface area contributed by atoms with Crippen LogP contribution in [0.15, 0.2) is 91.0 Å². The third-order valence-corrected chi connectivity index (χ3v) is 8.79. The smallest absolute Gasteiger partial charge is 0.340 e. The van der Waals surface area contributed by atoms with E-state index in [0.29, 0.717) is 29.8 Å². The number of esters is 1. The Morgan fingerprint density at radius 2 is 1.40 bits per heavy atom. The van der Waals surface area contributed by atoms with Gasteiger partial charge in [0.1, 0.15) is 12.4 Å². The van der Waals surface area contributed by atoms with Crippen LogP contribution in [-0.2, 0) is 20.9 Å². The number of benzene rings is 3. The lowest BCUT2D eigenvalue weighted by atomic mass is 9.63. The summed E-state index contributed by atoms with van der Waals surface area (Å²) in [6.07, 6.45) is 5.31. The maximum absolute atomic E-state index is 13.5. The van der Waals surface area contributed by atoms with Gasteiger partial charge < -0.3 is 9.47 Å². The summed E-state index contributed by atoms with van der Waals surface area (Å²) >= 11 is 0. The van der Waals surface area contributed by atoms with E-state index in [1.54, 1.807) is 42.5 Å². The molecule has 4 aliphatic carbocycles. The lowest BCUT2D eigenvalue weighted by Gasteiger charge is -2.37. The highest BCUT2D eigenvalue weighted by atomic mass is 16.5. The molecular weight excluding hydrogens is 506 g/mol. The minimum atomic E-state index is -0.758. The van der Waals surface area contributed by atoms with Crippen molar-refractivity contribution in [3.8, 4) is 5.75 Å². The van der Waals surface area contributed by atoms with Crippen molar-refractivity contribution >= 4 is 29.3 Å². The first kappa shape index (κ1) is 24.5. The minimum absolute atomic E-state index is 0.0887. The number of amides is 2. The SMILES string of the molecule is O=C(COC(=O)c1ccccc1N1C(=O)[C@@H]2[C@H]3C=C[C@@H]([C@@H]4C[C@@H]34)[C@H]2C1=O)c1ccc(OCc2ccccc2)cc1. The minimum Gasteiger partial charge on any atom is -0.489 e. The standard InChI is InChI=1S/C33H27NO6/c35-28(20-10-12-21(13-11-20)39-17-19-6-2-1-3-7-19)18-40-33(38)24-8-4-5-9-27(24)34-31(36)29-22-14-15-23(26-16-25(22)26)30(29)32(34)37/h1-15,22-23,25-26,29-30H,16-18H2/t22-,23-,25-,26-,29+,30+/m0/s1. The zero-order valence-electron chi connectivity index (χ0n) is 21.6. The molecule has 0 unspecified atom stereocenters. The van der Waals surface area contributed by atoms with Crippen LogP contribution in [-0.4, -0.2) is 30.2 Å². The summed E-state index contributed by atoms with van der Waals surface area (Å²) in [6.45, 7) is -0.0599. The number of rotatable bonds is 8. The number of hydrogen-bond donors (Lipinski definition) is 0. The summed E-state index contributed by atoms with van der Waals surface area (Å²) in [7, 11) is 0. The summed E-state index contributed by atoms with van der Waals surface area (Å²) < 4.78 is 11.1. The number of anilines is 1. The molecule has 7 nitrogen and oxygen atoms in total. The number of allylic oxidation sites excluding steroid dienone is 2. The van der Waals surface area contributed by atoms with Gasteiger partial charge in [-0.25, -0.2) is 9.69 Å². The molecule has 5 aliphatic rings. The lowest BCUT2D eigenvalue weighted by molar-refractivity contribution is -0.124. The molecule has 3 aromatic rings. The number of imide groups is 1. The Bertz CT molecular complexity index is 1510. The van der Waals surface area contributed by atoms with E-state index in [1.165, 1.54) is 11.0 Å². The van der Waals surface area contributed by atoms with Gasteiger partial charge in [-0.3, -0.25) is 14.4 Å². The van der Waals surface area contributed by atoms with E-state index in [9.17, 15) is 19.2 Å². The Hall–Kier alpha value is -4.52. The molecule has 200 valence electrons. The number of ketones is 1. The van der Waals surface area contributed by atoms with Gasteiger partial charge in [-0.15, -0.1) is 0 Å². The molecule has 2 bridgehead atoms. The predicted octanol–water partition coefficient (Wildman–Crippen LogP) is 4.86. The van der Waals surface area contributed by atoms with Crippen LogP contribution in [0.25, 0.3) is 0 Å². The maximum atomic E-state index is 13.5. The second-order valence-electron chi connectivity index (χ2n) is 11.0. The monoisotopic (exact) mass is 533 g/mol. The first-order chi connectivity index (χ1) is 19.5. The van der Waals surface area contributed by atoms with E-state index < -0.39 is 12.6 Å². The Balaban J connectivity index is 1.01. The molecule has 1 saturated heterocycles. The van der Waals surface area contributed by atoms with E-state index in [-0.39, 0.29) is 52.5 Å². The van der Waals surface area contributed by atoms with E-state index in [1.807, 2.05) is 30.3 Å².